The molecule has 2 heterocycles. The average molecular weight is 236 g/mol. The Kier molecular flexibility index (Phi) is 2.45. The predicted octanol–water partition coefficient (Wildman–Crippen LogP) is 3.43. The number of aromatic amines is 1. The molecule has 2 aromatic heterocycles. The van der Waals surface area contributed by atoms with Gasteiger partial charge in [0.15, 0.2) is 5.78 Å². The summed E-state index contributed by atoms with van der Waals surface area (Å²) in [7, 11) is 0. The van der Waals surface area contributed by atoms with Crippen molar-refractivity contribution in [2.24, 2.45) is 0 Å². The first-order chi connectivity index (χ1) is 8.74. The van der Waals surface area contributed by atoms with Gasteiger partial charge in [-0.1, -0.05) is 0 Å². The number of Topliss-reactive ketones (excluding diaryl/α,β-unsaturated/α-hetero) is 1. The first-order valence-electron chi connectivity index (χ1n) is 5.78. The molecule has 3 aromatic rings. The summed E-state index contributed by atoms with van der Waals surface area (Å²) in [5, 5.41) is 1.05. The molecule has 3 rings (SSSR count). The number of H-pyrrole nitrogens is 1. The van der Waals surface area contributed by atoms with Gasteiger partial charge in [-0.05, 0) is 43.3 Å². The molecule has 0 saturated heterocycles. The molecular formula is C15H12N2O. The lowest BCUT2D eigenvalue weighted by atomic mass is 10.1. The number of carbonyl (C=O) groups is 1. The van der Waals surface area contributed by atoms with E-state index in [4.69, 9.17) is 0 Å². The molecule has 0 aliphatic heterocycles. The van der Waals surface area contributed by atoms with Gasteiger partial charge in [-0.2, -0.15) is 0 Å². The van der Waals surface area contributed by atoms with E-state index in [2.05, 4.69) is 16.0 Å². The van der Waals surface area contributed by atoms with Crippen molar-refractivity contribution in [1.82, 2.24) is 9.97 Å². The molecule has 0 aliphatic carbocycles. The molecule has 3 nitrogen and oxygen atoms in total. The smallest absolute Gasteiger partial charge is 0.159 e. The maximum Gasteiger partial charge on any atom is 0.159 e. The highest BCUT2D eigenvalue weighted by molar-refractivity contribution is 5.98. The van der Waals surface area contributed by atoms with E-state index >= 15 is 0 Å². The normalized spacial score (nSPS) is 10.7. The molecule has 0 saturated carbocycles. The summed E-state index contributed by atoms with van der Waals surface area (Å²) in [6, 6.07) is 11.7. The first kappa shape index (κ1) is 10.7. The van der Waals surface area contributed by atoms with Gasteiger partial charge in [0.2, 0.25) is 0 Å². The Morgan fingerprint density at radius 2 is 1.89 bits per heavy atom. The van der Waals surface area contributed by atoms with Crippen LogP contribution in [-0.2, 0) is 0 Å². The molecule has 0 atom stereocenters. The number of nitrogens with one attached hydrogen (secondary N) is 1. The van der Waals surface area contributed by atoms with E-state index in [1.54, 1.807) is 19.3 Å². The Morgan fingerprint density at radius 3 is 2.61 bits per heavy atom. The summed E-state index contributed by atoms with van der Waals surface area (Å²) in [6.07, 6.45) is 3.53. The Bertz CT molecular complexity index is 714. The van der Waals surface area contributed by atoms with Gasteiger partial charge in [0.1, 0.15) is 0 Å². The molecule has 18 heavy (non-hydrogen) atoms. The molecular weight excluding hydrogens is 224 g/mol. The standard InChI is InChI=1S/C15H12N2O/c1-10(18)12-2-3-14-13(8-12)9-15(17-14)11-4-6-16-7-5-11/h2-9,17H,1H3. The van der Waals surface area contributed by atoms with Crippen molar-refractivity contribution in [3.8, 4) is 11.3 Å². The Morgan fingerprint density at radius 1 is 1.11 bits per heavy atom. The molecule has 0 bridgehead atoms. The Labute approximate surface area is 104 Å². The second kappa shape index (κ2) is 4.11. The summed E-state index contributed by atoms with van der Waals surface area (Å²) in [5.41, 5.74) is 3.90. The van der Waals surface area contributed by atoms with E-state index in [1.165, 1.54) is 0 Å². The highest BCUT2D eigenvalue weighted by atomic mass is 16.1. The fraction of sp³-hybridized carbons (Fsp3) is 0.0667. The third-order valence-corrected chi connectivity index (χ3v) is 3.02. The van der Waals surface area contributed by atoms with Gasteiger partial charge in [0.05, 0.1) is 0 Å². The predicted molar refractivity (Wildman–Crippen MR) is 71.5 cm³/mol. The van der Waals surface area contributed by atoms with E-state index < -0.39 is 0 Å². The fourth-order valence-corrected chi connectivity index (χ4v) is 2.04. The van der Waals surface area contributed by atoms with Crippen LogP contribution in [0.5, 0.6) is 0 Å². The van der Waals surface area contributed by atoms with Crippen LogP contribution in [0.2, 0.25) is 0 Å². The number of rotatable bonds is 2. The van der Waals surface area contributed by atoms with Gasteiger partial charge in [0, 0.05) is 40.1 Å². The van der Waals surface area contributed by atoms with Crippen LogP contribution in [0.15, 0.2) is 48.8 Å². The number of hydrogen-bond acceptors (Lipinski definition) is 2. The van der Waals surface area contributed by atoms with E-state index in [-0.39, 0.29) is 5.78 Å². The second-order valence-electron chi connectivity index (χ2n) is 4.28. The molecule has 0 unspecified atom stereocenters. The van der Waals surface area contributed by atoms with Crippen LogP contribution < -0.4 is 0 Å². The molecule has 0 radical (unpaired) electrons. The van der Waals surface area contributed by atoms with Gasteiger partial charge >= 0.3 is 0 Å². The van der Waals surface area contributed by atoms with Crippen molar-refractivity contribution in [3.05, 3.63) is 54.4 Å². The molecule has 1 N–H and O–H groups in total. The minimum atomic E-state index is 0.0866. The van der Waals surface area contributed by atoms with Crippen LogP contribution in [-0.4, -0.2) is 15.8 Å². The summed E-state index contributed by atoms with van der Waals surface area (Å²) in [5.74, 6) is 0.0866. The van der Waals surface area contributed by atoms with E-state index in [0.717, 1.165) is 27.7 Å². The summed E-state index contributed by atoms with van der Waals surface area (Å²) in [4.78, 5) is 18.7. The zero-order valence-electron chi connectivity index (χ0n) is 9.97. The minimum Gasteiger partial charge on any atom is -0.355 e. The quantitative estimate of drug-likeness (QED) is 0.693. The molecule has 1 aromatic carbocycles. The van der Waals surface area contributed by atoms with Crippen molar-refractivity contribution >= 4 is 16.7 Å². The number of ketones is 1. The van der Waals surface area contributed by atoms with Crippen LogP contribution in [0.3, 0.4) is 0 Å². The summed E-state index contributed by atoms with van der Waals surface area (Å²) in [6.45, 7) is 1.58. The maximum absolute atomic E-state index is 11.3. The van der Waals surface area contributed by atoms with Crippen molar-refractivity contribution in [1.29, 1.82) is 0 Å². The zero-order chi connectivity index (χ0) is 12.5. The van der Waals surface area contributed by atoms with Crippen LogP contribution in [0, 0.1) is 0 Å². The van der Waals surface area contributed by atoms with Gasteiger partial charge < -0.3 is 4.98 Å². The number of carbonyl (C=O) groups excluding carboxylic acids is 1. The zero-order valence-corrected chi connectivity index (χ0v) is 9.97. The molecule has 3 heteroatoms. The molecule has 0 fully saturated rings. The van der Waals surface area contributed by atoms with Crippen molar-refractivity contribution in [2.75, 3.05) is 0 Å². The van der Waals surface area contributed by atoms with Crippen molar-refractivity contribution in [3.63, 3.8) is 0 Å². The molecule has 0 amide bonds. The second-order valence-corrected chi connectivity index (χ2v) is 4.28. The monoisotopic (exact) mass is 236 g/mol. The van der Waals surface area contributed by atoms with Crippen LogP contribution in [0.1, 0.15) is 17.3 Å². The number of fused-ring (bicyclic) bond motifs is 1. The lowest BCUT2D eigenvalue weighted by Crippen LogP contribution is -1.89. The minimum absolute atomic E-state index is 0.0866. The van der Waals surface area contributed by atoms with Crippen LogP contribution in [0.25, 0.3) is 22.2 Å². The number of hydrogen-bond donors (Lipinski definition) is 1. The highest BCUT2D eigenvalue weighted by Crippen LogP contribution is 2.24. The fourth-order valence-electron chi connectivity index (χ4n) is 2.04. The number of benzene rings is 1. The highest BCUT2D eigenvalue weighted by Gasteiger charge is 2.05. The van der Waals surface area contributed by atoms with E-state index in [0.29, 0.717) is 0 Å². The first-order valence-corrected chi connectivity index (χ1v) is 5.78. The SMILES string of the molecule is CC(=O)c1ccc2[nH]c(-c3ccncc3)cc2c1. The van der Waals surface area contributed by atoms with Gasteiger partial charge in [-0.15, -0.1) is 0 Å². The average Bonchev–Trinajstić information content (AvgIpc) is 2.82. The van der Waals surface area contributed by atoms with Gasteiger partial charge in [-0.3, -0.25) is 9.78 Å². The van der Waals surface area contributed by atoms with Crippen LogP contribution in [0.4, 0.5) is 0 Å². The lowest BCUT2D eigenvalue weighted by molar-refractivity contribution is 0.101. The topological polar surface area (TPSA) is 45.8 Å². The largest absolute Gasteiger partial charge is 0.355 e. The third kappa shape index (κ3) is 1.80. The van der Waals surface area contributed by atoms with Gasteiger partial charge in [0.25, 0.3) is 0 Å². The van der Waals surface area contributed by atoms with E-state index in [9.17, 15) is 4.79 Å². The Balaban J connectivity index is 2.14. The third-order valence-electron chi connectivity index (χ3n) is 3.02. The van der Waals surface area contributed by atoms with Crippen LogP contribution >= 0.6 is 0 Å². The van der Waals surface area contributed by atoms with Crippen molar-refractivity contribution < 1.29 is 4.79 Å². The van der Waals surface area contributed by atoms with Gasteiger partial charge in [-0.25, -0.2) is 0 Å². The number of nitrogens with zero attached hydrogens (tertiary/aromatic N) is 1. The summed E-state index contributed by atoms with van der Waals surface area (Å²) >= 11 is 0. The molecule has 88 valence electrons. The lowest BCUT2D eigenvalue weighted by Gasteiger charge is -1.95. The maximum atomic E-state index is 11.3. The molecule has 0 spiro atoms. The van der Waals surface area contributed by atoms with E-state index in [1.807, 2.05) is 30.3 Å². The summed E-state index contributed by atoms with van der Waals surface area (Å²) < 4.78 is 0. The number of aromatic nitrogens is 2. The number of pyridine rings is 1. The van der Waals surface area contributed by atoms with Crippen molar-refractivity contribution in [2.45, 2.75) is 6.92 Å². The Hall–Kier alpha value is -2.42. The molecule has 0 aliphatic rings.